The highest BCUT2D eigenvalue weighted by molar-refractivity contribution is 5.81. The van der Waals surface area contributed by atoms with E-state index in [1.807, 2.05) is 0 Å². The molecule has 0 aliphatic heterocycles. The molecule has 0 spiro atoms. The quantitative estimate of drug-likeness (QED) is 0.555. The van der Waals surface area contributed by atoms with Gasteiger partial charge >= 0.3 is 11.7 Å². The van der Waals surface area contributed by atoms with E-state index >= 15 is 0 Å². The molecule has 0 saturated carbocycles. The molecule has 10 heteroatoms. The molecule has 0 aliphatic rings. The van der Waals surface area contributed by atoms with E-state index in [0.29, 0.717) is 11.3 Å². The van der Waals surface area contributed by atoms with Crippen LogP contribution < -0.4 is 0 Å². The molecule has 0 atom stereocenters. The van der Waals surface area contributed by atoms with Crippen molar-refractivity contribution in [3.63, 3.8) is 0 Å². The number of nitrogens with zero attached hydrogens (tertiary/aromatic N) is 4. The number of rotatable bonds is 8. The highest BCUT2D eigenvalue weighted by Gasteiger charge is 2.23. The summed E-state index contributed by atoms with van der Waals surface area (Å²) in [7, 11) is 0. The van der Waals surface area contributed by atoms with Gasteiger partial charge in [-0.15, -0.1) is 0 Å². The third-order valence-corrected chi connectivity index (χ3v) is 4.03. The molecular formula is C17H19FN4O5. The molecular weight excluding hydrogens is 359 g/mol. The average Bonchev–Trinajstić information content (AvgIpc) is 2.87. The van der Waals surface area contributed by atoms with Crippen LogP contribution >= 0.6 is 0 Å². The maximum absolute atomic E-state index is 13.0. The number of carbonyl (C=O) groups excluding carboxylic acids is 1. The summed E-state index contributed by atoms with van der Waals surface area (Å²) in [6, 6.07) is 5.41. The molecule has 2 rings (SSSR count). The van der Waals surface area contributed by atoms with Gasteiger partial charge in [-0.1, -0.05) is 12.1 Å². The lowest BCUT2D eigenvalue weighted by Crippen LogP contribution is -2.35. The minimum absolute atomic E-state index is 0.0165. The Morgan fingerprint density at radius 1 is 1.30 bits per heavy atom. The Kier molecular flexibility index (Phi) is 6.22. The third kappa shape index (κ3) is 5.09. The van der Waals surface area contributed by atoms with Crippen LogP contribution in [0.4, 0.5) is 10.1 Å². The smallest absolute Gasteiger partial charge is 0.323 e. The van der Waals surface area contributed by atoms with Gasteiger partial charge in [0.15, 0.2) is 0 Å². The van der Waals surface area contributed by atoms with Crippen LogP contribution in [0.1, 0.15) is 23.4 Å². The molecule has 144 valence electrons. The minimum Gasteiger partial charge on any atom is -0.480 e. The summed E-state index contributed by atoms with van der Waals surface area (Å²) >= 11 is 0. The molecule has 1 aromatic carbocycles. The fourth-order valence-electron chi connectivity index (χ4n) is 2.73. The summed E-state index contributed by atoms with van der Waals surface area (Å²) in [5.74, 6) is -2.05. The van der Waals surface area contributed by atoms with E-state index in [2.05, 4.69) is 5.10 Å². The lowest BCUT2D eigenvalue weighted by Gasteiger charge is -2.21. The van der Waals surface area contributed by atoms with Gasteiger partial charge in [-0.05, 0) is 31.5 Å². The van der Waals surface area contributed by atoms with Gasteiger partial charge in [0.25, 0.3) is 0 Å². The van der Waals surface area contributed by atoms with Gasteiger partial charge in [-0.3, -0.25) is 24.4 Å². The molecule has 0 fully saturated rings. The molecule has 1 aromatic heterocycles. The zero-order chi connectivity index (χ0) is 20.1. The van der Waals surface area contributed by atoms with Crippen LogP contribution in [0.5, 0.6) is 0 Å². The van der Waals surface area contributed by atoms with E-state index in [-0.39, 0.29) is 30.9 Å². The van der Waals surface area contributed by atoms with E-state index in [0.717, 1.165) is 4.90 Å². The van der Waals surface area contributed by atoms with Crippen LogP contribution in [-0.4, -0.2) is 43.1 Å². The van der Waals surface area contributed by atoms with Crippen molar-refractivity contribution in [3.05, 3.63) is 57.1 Å². The van der Waals surface area contributed by atoms with Crippen LogP contribution in [-0.2, 0) is 22.7 Å². The molecule has 0 unspecified atom stereocenters. The molecule has 9 nitrogen and oxygen atoms in total. The molecule has 1 heterocycles. The maximum atomic E-state index is 13.0. The maximum Gasteiger partial charge on any atom is 0.323 e. The second kappa shape index (κ2) is 8.39. The van der Waals surface area contributed by atoms with Crippen molar-refractivity contribution in [3.8, 4) is 0 Å². The van der Waals surface area contributed by atoms with Gasteiger partial charge in [0.05, 0.1) is 11.5 Å². The van der Waals surface area contributed by atoms with Crippen molar-refractivity contribution in [1.82, 2.24) is 14.7 Å². The summed E-state index contributed by atoms with van der Waals surface area (Å²) in [5, 5.41) is 24.1. The second-order valence-electron chi connectivity index (χ2n) is 6.02. The summed E-state index contributed by atoms with van der Waals surface area (Å²) in [6.07, 6.45) is -0.0758. The fraction of sp³-hybridized carbons (Fsp3) is 0.353. The van der Waals surface area contributed by atoms with Gasteiger partial charge in [0, 0.05) is 13.0 Å². The zero-order valence-electron chi connectivity index (χ0n) is 14.9. The molecule has 2 aromatic rings. The first-order chi connectivity index (χ1) is 12.7. The highest BCUT2D eigenvalue weighted by atomic mass is 19.1. The Balaban J connectivity index is 2.09. The lowest BCUT2D eigenvalue weighted by molar-refractivity contribution is -0.386. The van der Waals surface area contributed by atoms with Crippen molar-refractivity contribution in [2.24, 2.45) is 0 Å². The molecule has 0 radical (unpaired) electrons. The molecule has 1 N–H and O–H groups in total. The highest BCUT2D eigenvalue weighted by Crippen LogP contribution is 2.22. The van der Waals surface area contributed by atoms with Gasteiger partial charge in [-0.25, -0.2) is 4.39 Å². The summed E-state index contributed by atoms with van der Waals surface area (Å²) in [4.78, 5) is 35.2. The van der Waals surface area contributed by atoms with Gasteiger partial charge in [0.1, 0.15) is 23.7 Å². The Bertz CT molecular complexity index is 863. The number of aryl methyl sites for hydroxylation is 2. The Labute approximate surface area is 154 Å². The monoisotopic (exact) mass is 378 g/mol. The van der Waals surface area contributed by atoms with Gasteiger partial charge in [0.2, 0.25) is 5.91 Å². The SMILES string of the molecule is Cc1nn(CCC(=O)N(CC(=O)O)Cc2ccc(F)cc2)c(C)c1[N+](=O)[O-]. The largest absolute Gasteiger partial charge is 0.480 e. The Morgan fingerprint density at radius 2 is 1.93 bits per heavy atom. The normalized spacial score (nSPS) is 10.6. The number of halogens is 1. The van der Waals surface area contributed by atoms with Gasteiger partial charge in [-0.2, -0.15) is 5.10 Å². The lowest BCUT2D eigenvalue weighted by atomic mass is 10.2. The average molecular weight is 378 g/mol. The molecule has 27 heavy (non-hydrogen) atoms. The van der Waals surface area contributed by atoms with E-state index in [4.69, 9.17) is 5.11 Å². The molecule has 0 saturated heterocycles. The van der Waals surface area contributed by atoms with Crippen LogP contribution in [0.15, 0.2) is 24.3 Å². The summed E-state index contributed by atoms with van der Waals surface area (Å²) in [5.41, 5.74) is 1.07. The fourth-order valence-corrected chi connectivity index (χ4v) is 2.73. The number of hydrogen-bond donors (Lipinski definition) is 1. The predicted molar refractivity (Wildman–Crippen MR) is 92.4 cm³/mol. The number of nitro groups is 1. The second-order valence-corrected chi connectivity index (χ2v) is 6.02. The van der Waals surface area contributed by atoms with Crippen LogP contribution in [0.2, 0.25) is 0 Å². The molecule has 0 aliphatic carbocycles. The van der Waals surface area contributed by atoms with Crippen molar-refractivity contribution in [1.29, 1.82) is 0 Å². The first kappa shape index (κ1) is 20.0. The predicted octanol–water partition coefficient (Wildman–Crippen LogP) is 2.05. The van der Waals surface area contributed by atoms with Crippen LogP contribution in [0.3, 0.4) is 0 Å². The van der Waals surface area contributed by atoms with Crippen LogP contribution in [0, 0.1) is 29.8 Å². The number of aliphatic carboxylic acids is 1. The van der Waals surface area contributed by atoms with Crippen molar-refractivity contribution in [2.75, 3.05) is 6.54 Å². The number of carbonyl (C=O) groups is 2. The summed E-state index contributed by atoms with van der Waals surface area (Å²) < 4.78 is 14.4. The van der Waals surface area contributed by atoms with E-state index < -0.39 is 29.2 Å². The van der Waals surface area contributed by atoms with E-state index in [9.17, 15) is 24.1 Å². The van der Waals surface area contributed by atoms with E-state index in [1.165, 1.54) is 42.8 Å². The molecule has 1 amide bonds. The Hall–Kier alpha value is -3.30. The van der Waals surface area contributed by atoms with Crippen molar-refractivity contribution in [2.45, 2.75) is 33.4 Å². The number of hydrogen-bond acceptors (Lipinski definition) is 5. The van der Waals surface area contributed by atoms with Crippen molar-refractivity contribution >= 4 is 17.6 Å². The zero-order valence-corrected chi connectivity index (χ0v) is 14.9. The minimum atomic E-state index is -1.17. The van der Waals surface area contributed by atoms with Gasteiger partial charge < -0.3 is 10.0 Å². The van der Waals surface area contributed by atoms with Crippen molar-refractivity contribution < 1.29 is 24.0 Å². The number of aromatic nitrogens is 2. The third-order valence-electron chi connectivity index (χ3n) is 4.03. The Morgan fingerprint density at radius 3 is 2.44 bits per heavy atom. The van der Waals surface area contributed by atoms with E-state index in [1.54, 1.807) is 0 Å². The van der Waals surface area contributed by atoms with Crippen LogP contribution in [0.25, 0.3) is 0 Å². The number of benzene rings is 1. The number of amides is 1. The molecule has 0 bridgehead atoms. The first-order valence-corrected chi connectivity index (χ1v) is 8.11. The standard InChI is InChI=1S/C17H19FN4O5/c1-11-17(22(26)27)12(2)21(19-11)8-7-15(23)20(10-16(24)25)9-13-3-5-14(18)6-4-13/h3-6H,7-10H2,1-2H3,(H,24,25). The topological polar surface area (TPSA) is 119 Å². The first-order valence-electron chi connectivity index (χ1n) is 8.11. The number of carboxylic acids is 1. The number of carboxylic acid groups (broad SMARTS) is 1. The summed E-state index contributed by atoms with van der Waals surface area (Å²) in [6.45, 7) is 2.64.